The highest BCUT2D eigenvalue weighted by Crippen LogP contribution is 2.32. The Labute approximate surface area is 75.5 Å². The maximum absolute atomic E-state index is 4.26. The van der Waals surface area contributed by atoms with Crippen molar-refractivity contribution < 1.29 is 0 Å². The minimum absolute atomic E-state index is 0.916. The second-order valence-corrected chi connectivity index (χ2v) is 3.11. The van der Waals surface area contributed by atoms with Gasteiger partial charge in [0.1, 0.15) is 6.33 Å². The van der Waals surface area contributed by atoms with Gasteiger partial charge in [0.05, 0.1) is 5.69 Å². The lowest BCUT2D eigenvalue weighted by molar-refractivity contribution is 1.12. The van der Waals surface area contributed by atoms with E-state index in [1.807, 2.05) is 18.5 Å². The fourth-order valence-electron chi connectivity index (χ4n) is 1.73. The van der Waals surface area contributed by atoms with E-state index >= 15 is 0 Å². The number of fused-ring (bicyclic) bond motifs is 3. The van der Waals surface area contributed by atoms with E-state index in [-0.39, 0.29) is 0 Å². The first-order valence-corrected chi connectivity index (χ1v) is 4.17. The largest absolute Gasteiger partial charge is 0.264 e. The van der Waals surface area contributed by atoms with Gasteiger partial charge in [-0.15, -0.1) is 0 Å². The average Bonchev–Trinajstić information content (AvgIpc) is 2.56. The lowest BCUT2D eigenvalue weighted by Gasteiger charge is -1.96. The lowest BCUT2D eigenvalue weighted by atomic mass is 10.2. The summed E-state index contributed by atoms with van der Waals surface area (Å²) in [5.74, 6) is 0. The van der Waals surface area contributed by atoms with E-state index in [0.717, 1.165) is 12.1 Å². The molecule has 0 spiro atoms. The van der Waals surface area contributed by atoms with Crippen molar-refractivity contribution in [2.45, 2.75) is 6.42 Å². The molecule has 0 unspecified atom stereocenters. The van der Waals surface area contributed by atoms with Crippen molar-refractivity contribution >= 4 is 0 Å². The third kappa shape index (κ3) is 0.869. The molecule has 0 N–H and O–H groups in total. The van der Waals surface area contributed by atoms with Gasteiger partial charge in [0, 0.05) is 36.1 Å². The first-order valence-electron chi connectivity index (χ1n) is 4.17. The van der Waals surface area contributed by atoms with Crippen molar-refractivity contribution in [3.05, 3.63) is 42.1 Å². The predicted octanol–water partition coefficient (Wildman–Crippen LogP) is 1.44. The molecule has 0 saturated carbocycles. The molecule has 3 rings (SSSR count). The third-order valence-electron chi connectivity index (χ3n) is 2.33. The molecule has 13 heavy (non-hydrogen) atoms. The fourth-order valence-corrected chi connectivity index (χ4v) is 1.73. The molecule has 3 nitrogen and oxygen atoms in total. The standard InChI is InChI=1S/C10H7N3/c1-2-11-4-7-3-8-5-12-6-13-10(8)9(1)7/h1-2,4-6H,3H2. The first-order chi connectivity index (χ1) is 6.45. The van der Waals surface area contributed by atoms with Gasteiger partial charge in [0.15, 0.2) is 0 Å². The van der Waals surface area contributed by atoms with Crippen LogP contribution in [-0.2, 0) is 6.42 Å². The summed E-state index contributed by atoms with van der Waals surface area (Å²) in [5.41, 5.74) is 4.71. The summed E-state index contributed by atoms with van der Waals surface area (Å²) in [5, 5.41) is 0. The van der Waals surface area contributed by atoms with E-state index in [1.165, 1.54) is 16.7 Å². The molecule has 0 saturated heterocycles. The topological polar surface area (TPSA) is 38.7 Å². The van der Waals surface area contributed by atoms with E-state index in [4.69, 9.17) is 0 Å². The van der Waals surface area contributed by atoms with Gasteiger partial charge >= 0.3 is 0 Å². The van der Waals surface area contributed by atoms with Crippen LogP contribution in [0.1, 0.15) is 11.1 Å². The summed E-state index contributed by atoms with van der Waals surface area (Å²) in [6, 6.07) is 2.01. The van der Waals surface area contributed by atoms with Gasteiger partial charge in [-0.1, -0.05) is 0 Å². The molecule has 62 valence electrons. The Kier molecular flexibility index (Phi) is 1.22. The molecule has 2 aromatic heterocycles. The van der Waals surface area contributed by atoms with E-state index in [1.54, 1.807) is 12.5 Å². The number of hydrogen-bond acceptors (Lipinski definition) is 3. The van der Waals surface area contributed by atoms with Crippen LogP contribution in [0, 0.1) is 0 Å². The van der Waals surface area contributed by atoms with Crippen LogP contribution in [0.25, 0.3) is 11.3 Å². The highest BCUT2D eigenvalue weighted by Gasteiger charge is 2.18. The number of hydrogen-bond donors (Lipinski definition) is 0. The molecule has 0 atom stereocenters. The molecule has 1 aliphatic rings. The van der Waals surface area contributed by atoms with Gasteiger partial charge in [-0.25, -0.2) is 9.97 Å². The maximum atomic E-state index is 4.26. The summed E-state index contributed by atoms with van der Waals surface area (Å²) in [7, 11) is 0. The Morgan fingerprint density at radius 3 is 3.00 bits per heavy atom. The van der Waals surface area contributed by atoms with Gasteiger partial charge in [-0.3, -0.25) is 4.98 Å². The Bertz CT molecular complexity index is 422. The average molecular weight is 169 g/mol. The van der Waals surface area contributed by atoms with E-state index < -0.39 is 0 Å². The number of pyridine rings is 1. The van der Waals surface area contributed by atoms with Crippen LogP contribution in [0.15, 0.2) is 31.0 Å². The van der Waals surface area contributed by atoms with E-state index in [9.17, 15) is 0 Å². The molecule has 0 fully saturated rings. The van der Waals surface area contributed by atoms with Crippen LogP contribution in [0.3, 0.4) is 0 Å². The van der Waals surface area contributed by atoms with Crippen molar-refractivity contribution in [3.63, 3.8) is 0 Å². The second-order valence-electron chi connectivity index (χ2n) is 3.11. The summed E-state index contributed by atoms with van der Waals surface area (Å²) < 4.78 is 0. The normalized spacial score (nSPS) is 12.3. The van der Waals surface area contributed by atoms with Crippen LogP contribution in [0.5, 0.6) is 0 Å². The molecule has 2 heterocycles. The van der Waals surface area contributed by atoms with Crippen LogP contribution < -0.4 is 0 Å². The van der Waals surface area contributed by atoms with Crippen LogP contribution in [-0.4, -0.2) is 15.0 Å². The zero-order valence-electron chi connectivity index (χ0n) is 6.94. The Hall–Kier alpha value is -1.77. The molecule has 0 amide bonds. The van der Waals surface area contributed by atoms with Crippen LogP contribution >= 0.6 is 0 Å². The highest BCUT2D eigenvalue weighted by molar-refractivity contribution is 5.71. The van der Waals surface area contributed by atoms with Crippen LogP contribution in [0.2, 0.25) is 0 Å². The van der Waals surface area contributed by atoms with Gasteiger partial charge in [0.25, 0.3) is 0 Å². The van der Waals surface area contributed by atoms with Crippen molar-refractivity contribution in [1.29, 1.82) is 0 Å². The Morgan fingerprint density at radius 1 is 1.08 bits per heavy atom. The van der Waals surface area contributed by atoms with Gasteiger partial charge < -0.3 is 0 Å². The first kappa shape index (κ1) is 6.71. The van der Waals surface area contributed by atoms with Crippen molar-refractivity contribution in [3.8, 4) is 11.3 Å². The molecular weight excluding hydrogens is 162 g/mol. The van der Waals surface area contributed by atoms with Gasteiger partial charge in [0.2, 0.25) is 0 Å². The molecule has 0 radical (unpaired) electrons. The zero-order valence-corrected chi connectivity index (χ0v) is 6.94. The Morgan fingerprint density at radius 2 is 2.00 bits per heavy atom. The van der Waals surface area contributed by atoms with E-state index in [0.29, 0.717) is 0 Å². The molecule has 3 heteroatoms. The van der Waals surface area contributed by atoms with Crippen molar-refractivity contribution in [1.82, 2.24) is 15.0 Å². The van der Waals surface area contributed by atoms with Crippen LogP contribution in [0.4, 0.5) is 0 Å². The SMILES string of the molecule is c1cc2c(cn1)Cc1cncnc1-2. The quantitative estimate of drug-likeness (QED) is 0.511. The smallest absolute Gasteiger partial charge is 0.116 e. The van der Waals surface area contributed by atoms with Crippen molar-refractivity contribution in [2.24, 2.45) is 0 Å². The fraction of sp³-hybridized carbons (Fsp3) is 0.100. The minimum atomic E-state index is 0.916. The summed E-state index contributed by atoms with van der Waals surface area (Å²) >= 11 is 0. The predicted molar refractivity (Wildman–Crippen MR) is 48.1 cm³/mol. The number of nitrogens with zero attached hydrogens (tertiary/aromatic N) is 3. The molecule has 0 aromatic carbocycles. The number of rotatable bonds is 0. The minimum Gasteiger partial charge on any atom is -0.264 e. The zero-order chi connectivity index (χ0) is 8.67. The summed E-state index contributed by atoms with van der Waals surface area (Å²) in [4.78, 5) is 12.4. The lowest BCUT2D eigenvalue weighted by Crippen LogP contribution is -1.84. The molecule has 1 aliphatic carbocycles. The molecule has 0 bridgehead atoms. The maximum Gasteiger partial charge on any atom is 0.116 e. The molecule has 2 aromatic rings. The summed E-state index contributed by atoms with van der Waals surface area (Å²) in [6.45, 7) is 0. The third-order valence-corrected chi connectivity index (χ3v) is 2.33. The van der Waals surface area contributed by atoms with Gasteiger partial charge in [-0.2, -0.15) is 0 Å². The Balaban J connectivity index is 2.32. The highest BCUT2D eigenvalue weighted by atomic mass is 14.8. The van der Waals surface area contributed by atoms with Gasteiger partial charge in [-0.05, 0) is 11.6 Å². The number of aromatic nitrogens is 3. The van der Waals surface area contributed by atoms with Crippen molar-refractivity contribution in [2.75, 3.05) is 0 Å². The molecular formula is C10H7N3. The summed E-state index contributed by atoms with van der Waals surface area (Å²) in [6.07, 6.45) is 8.09. The van der Waals surface area contributed by atoms with E-state index in [2.05, 4.69) is 15.0 Å². The monoisotopic (exact) mass is 169 g/mol. The molecule has 0 aliphatic heterocycles. The second kappa shape index (κ2) is 2.36.